The molecule has 150 valence electrons. The Balaban J connectivity index is 1.62. The van der Waals surface area contributed by atoms with E-state index in [2.05, 4.69) is 10.4 Å². The summed E-state index contributed by atoms with van der Waals surface area (Å²) in [4.78, 5) is 28.1. The molecular weight excluding hydrogens is 358 g/mol. The van der Waals surface area contributed by atoms with Crippen LogP contribution in [0.15, 0.2) is 30.3 Å². The second kappa shape index (κ2) is 8.77. The number of ether oxygens (including phenoxy) is 1. The van der Waals surface area contributed by atoms with E-state index in [9.17, 15) is 9.59 Å². The van der Waals surface area contributed by atoms with E-state index in [1.807, 2.05) is 29.8 Å². The molecule has 0 saturated carbocycles. The first-order chi connectivity index (χ1) is 13.5. The second-order valence-corrected chi connectivity index (χ2v) is 6.98. The van der Waals surface area contributed by atoms with Gasteiger partial charge in [0.2, 0.25) is 0 Å². The van der Waals surface area contributed by atoms with Gasteiger partial charge in [0.15, 0.2) is 0 Å². The molecule has 0 bridgehead atoms. The minimum absolute atomic E-state index is 0.00834. The highest BCUT2D eigenvalue weighted by Crippen LogP contribution is 2.19. The molecular formula is C20H27N5O3. The number of aromatic nitrogens is 2. The smallest absolute Gasteiger partial charge is 0.319 e. The van der Waals surface area contributed by atoms with Crippen molar-refractivity contribution in [3.63, 3.8) is 0 Å². The third kappa shape index (κ3) is 4.44. The molecule has 1 aliphatic rings. The zero-order chi connectivity index (χ0) is 20.1. The standard InChI is InChI=1S/C20H27N5O3/c1-4-11-28-18-8-6-5-7-17(18)19(26)21-13-15-12-16-14-24(20(27)23(2)3)9-10-25(16)22-15/h5-8,12H,4,9-11,13-14H2,1-3H3,(H,21,26). The van der Waals surface area contributed by atoms with Crippen LogP contribution >= 0.6 is 0 Å². The zero-order valence-electron chi connectivity index (χ0n) is 16.6. The van der Waals surface area contributed by atoms with Gasteiger partial charge in [-0.1, -0.05) is 19.1 Å². The maximum Gasteiger partial charge on any atom is 0.319 e. The molecule has 0 saturated heterocycles. The predicted octanol–water partition coefficient (Wildman–Crippen LogP) is 2.10. The minimum atomic E-state index is -0.193. The zero-order valence-corrected chi connectivity index (χ0v) is 16.6. The highest BCUT2D eigenvalue weighted by molar-refractivity contribution is 5.96. The van der Waals surface area contributed by atoms with Crippen molar-refractivity contribution in [2.75, 3.05) is 27.2 Å². The first-order valence-electron chi connectivity index (χ1n) is 9.51. The summed E-state index contributed by atoms with van der Waals surface area (Å²) in [7, 11) is 3.49. The van der Waals surface area contributed by atoms with Crippen LogP contribution < -0.4 is 10.1 Å². The maximum absolute atomic E-state index is 12.6. The molecule has 0 radical (unpaired) electrons. The largest absolute Gasteiger partial charge is 0.493 e. The summed E-state index contributed by atoms with van der Waals surface area (Å²) in [6, 6.07) is 9.16. The van der Waals surface area contributed by atoms with Crippen molar-refractivity contribution in [3.05, 3.63) is 47.3 Å². The average Bonchev–Trinajstić information content (AvgIpc) is 3.12. The summed E-state index contributed by atoms with van der Waals surface area (Å²) in [5, 5.41) is 7.46. The fourth-order valence-corrected chi connectivity index (χ4v) is 3.12. The Bertz CT molecular complexity index is 846. The molecule has 0 atom stereocenters. The predicted molar refractivity (Wildman–Crippen MR) is 105 cm³/mol. The fourth-order valence-electron chi connectivity index (χ4n) is 3.12. The molecule has 0 unspecified atom stereocenters. The molecule has 3 rings (SSSR count). The second-order valence-electron chi connectivity index (χ2n) is 6.98. The Morgan fingerprint density at radius 1 is 1.25 bits per heavy atom. The van der Waals surface area contributed by atoms with Crippen molar-refractivity contribution in [3.8, 4) is 5.75 Å². The van der Waals surface area contributed by atoms with Crippen LogP contribution in [0.25, 0.3) is 0 Å². The summed E-state index contributed by atoms with van der Waals surface area (Å²) in [6.07, 6.45) is 0.878. The maximum atomic E-state index is 12.6. The van der Waals surface area contributed by atoms with Gasteiger partial charge in [-0.25, -0.2) is 4.79 Å². The number of rotatable bonds is 6. The highest BCUT2D eigenvalue weighted by Gasteiger charge is 2.23. The van der Waals surface area contributed by atoms with Gasteiger partial charge in [-0.2, -0.15) is 5.10 Å². The number of para-hydroxylation sites is 1. The summed E-state index contributed by atoms with van der Waals surface area (Å²) >= 11 is 0. The first kappa shape index (κ1) is 19.7. The molecule has 8 nitrogen and oxygen atoms in total. The third-order valence-corrected chi connectivity index (χ3v) is 4.53. The summed E-state index contributed by atoms with van der Waals surface area (Å²) < 4.78 is 7.56. The van der Waals surface area contributed by atoms with E-state index < -0.39 is 0 Å². The molecule has 1 aromatic carbocycles. The minimum Gasteiger partial charge on any atom is -0.493 e. The van der Waals surface area contributed by atoms with Gasteiger partial charge in [0, 0.05) is 20.6 Å². The number of nitrogens with zero attached hydrogens (tertiary/aromatic N) is 4. The number of carbonyl (C=O) groups is 2. The van der Waals surface area contributed by atoms with E-state index in [-0.39, 0.29) is 11.9 Å². The highest BCUT2D eigenvalue weighted by atomic mass is 16.5. The van der Waals surface area contributed by atoms with Gasteiger partial charge in [-0.05, 0) is 24.6 Å². The van der Waals surface area contributed by atoms with E-state index in [1.54, 1.807) is 36.0 Å². The number of carbonyl (C=O) groups excluding carboxylic acids is 2. The lowest BCUT2D eigenvalue weighted by Gasteiger charge is -2.29. The van der Waals surface area contributed by atoms with E-state index in [1.165, 1.54) is 0 Å². The molecule has 0 spiro atoms. The monoisotopic (exact) mass is 385 g/mol. The summed E-state index contributed by atoms with van der Waals surface area (Å²) in [6.45, 7) is 4.71. The van der Waals surface area contributed by atoms with Crippen LogP contribution in [0.2, 0.25) is 0 Å². The quantitative estimate of drug-likeness (QED) is 0.826. The van der Waals surface area contributed by atoms with Crippen LogP contribution in [0.5, 0.6) is 5.75 Å². The number of hydrogen-bond donors (Lipinski definition) is 1. The molecule has 1 aliphatic heterocycles. The number of urea groups is 1. The Morgan fingerprint density at radius 3 is 2.79 bits per heavy atom. The van der Waals surface area contributed by atoms with Crippen LogP contribution in [0.1, 0.15) is 35.1 Å². The van der Waals surface area contributed by atoms with E-state index in [4.69, 9.17) is 4.74 Å². The molecule has 1 N–H and O–H groups in total. The molecule has 28 heavy (non-hydrogen) atoms. The Labute approximate surface area is 165 Å². The van der Waals surface area contributed by atoms with Gasteiger partial charge in [0.25, 0.3) is 5.91 Å². The van der Waals surface area contributed by atoms with Crippen LogP contribution in [0.4, 0.5) is 4.79 Å². The van der Waals surface area contributed by atoms with E-state index in [0.29, 0.717) is 44.1 Å². The molecule has 0 fully saturated rings. The number of fused-ring (bicyclic) bond motifs is 1. The lowest BCUT2D eigenvalue weighted by Crippen LogP contribution is -2.43. The number of hydrogen-bond acceptors (Lipinski definition) is 4. The van der Waals surface area contributed by atoms with Crippen LogP contribution in [-0.4, -0.2) is 58.8 Å². The van der Waals surface area contributed by atoms with Crippen molar-refractivity contribution in [1.29, 1.82) is 0 Å². The normalized spacial score (nSPS) is 13.0. The van der Waals surface area contributed by atoms with Gasteiger partial charge >= 0.3 is 6.03 Å². The molecule has 0 aliphatic carbocycles. The molecule has 2 aromatic rings. The van der Waals surface area contributed by atoms with Crippen molar-refractivity contribution < 1.29 is 14.3 Å². The molecule has 3 amide bonds. The van der Waals surface area contributed by atoms with Crippen molar-refractivity contribution >= 4 is 11.9 Å². The number of amides is 3. The topological polar surface area (TPSA) is 79.7 Å². The van der Waals surface area contributed by atoms with Crippen LogP contribution in [-0.2, 0) is 19.6 Å². The Morgan fingerprint density at radius 2 is 2.04 bits per heavy atom. The van der Waals surface area contributed by atoms with Crippen molar-refractivity contribution in [2.45, 2.75) is 33.0 Å². The van der Waals surface area contributed by atoms with Gasteiger partial charge < -0.3 is 19.9 Å². The molecule has 1 aromatic heterocycles. The Hall–Kier alpha value is -3.03. The summed E-state index contributed by atoms with van der Waals surface area (Å²) in [5.41, 5.74) is 2.26. The molecule has 8 heteroatoms. The van der Waals surface area contributed by atoms with Gasteiger partial charge in [0.1, 0.15) is 5.75 Å². The van der Waals surface area contributed by atoms with Gasteiger partial charge in [-0.3, -0.25) is 9.48 Å². The van der Waals surface area contributed by atoms with Crippen molar-refractivity contribution in [2.24, 2.45) is 0 Å². The number of nitrogens with one attached hydrogen (secondary N) is 1. The van der Waals surface area contributed by atoms with Gasteiger partial charge in [0.05, 0.1) is 43.2 Å². The lowest BCUT2D eigenvalue weighted by molar-refractivity contribution is 0.0946. The first-order valence-corrected chi connectivity index (χ1v) is 9.51. The third-order valence-electron chi connectivity index (χ3n) is 4.53. The van der Waals surface area contributed by atoms with Crippen LogP contribution in [0.3, 0.4) is 0 Å². The van der Waals surface area contributed by atoms with Crippen molar-refractivity contribution in [1.82, 2.24) is 24.9 Å². The Kier molecular flexibility index (Phi) is 6.18. The molecule has 2 heterocycles. The van der Waals surface area contributed by atoms with Crippen LogP contribution in [0, 0.1) is 0 Å². The number of benzene rings is 1. The fraction of sp³-hybridized carbons (Fsp3) is 0.450. The summed E-state index contributed by atoms with van der Waals surface area (Å²) in [5.74, 6) is 0.394. The van der Waals surface area contributed by atoms with Gasteiger partial charge in [-0.15, -0.1) is 0 Å². The lowest BCUT2D eigenvalue weighted by atomic mass is 10.2. The van der Waals surface area contributed by atoms with E-state index >= 15 is 0 Å². The SMILES string of the molecule is CCCOc1ccccc1C(=O)NCc1cc2n(n1)CCN(C(=O)N(C)C)C2. The van der Waals surface area contributed by atoms with E-state index in [0.717, 1.165) is 17.8 Å². The average molecular weight is 385 g/mol.